The van der Waals surface area contributed by atoms with Crippen molar-refractivity contribution in [2.24, 2.45) is 0 Å². The van der Waals surface area contributed by atoms with Gasteiger partial charge in [-0.1, -0.05) is 11.6 Å². The van der Waals surface area contributed by atoms with Crippen molar-refractivity contribution in [1.82, 2.24) is 20.0 Å². The van der Waals surface area contributed by atoms with Gasteiger partial charge in [0.15, 0.2) is 5.69 Å². The molecule has 1 aliphatic carbocycles. The van der Waals surface area contributed by atoms with Crippen molar-refractivity contribution in [3.63, 3.8) is 0 Å². The largest absolute Gasteiger partial charge is 0.384 e. The molecule has 0 aromatic carbocycles. The maximum Gasteiger partial charge on any atom is 0.276 e. The summed E-state index contributed by atoms with van der Waals surface area (Å²) in [6.45, 7) is 3.10. The van der Waals surface area contributed by atoms with Gasteiger partial charge in [0.05, 0.1) is 10.7 Å². The number of aromatic amines is 1. The molecule has 0 unspecified atom stereocenters. The molecule has 0 bridgehead atoms. The first-order valence-electron chi connectivity index (χ1n) is 7.49. The van der Waals surface area contributed by atoms with Gasteiger partial charge in [-0.05, 0) is 19.8 Å². The first-order chi connectivity index (χ1) is 10.5. The quantitative estimate of drug-likeness (QED) is 0.851. The molecule has 1 saturated heterocycles. The van der Waals surface area contributed by atoms with Crippen LogP contribution in [0.25, 0.3) is 0 Å². The van der Waals surface area contributed by atoms with E-state index in [0.717, 1.165) is 18.5 Å². The van der Waals surface area contributed by atoms with Gasteiger partial charge in [-0.2, -0.15) is 5.10 Å². The maximum atomic E-state index is 12.5. The van der Waals surface area contributed by atoms with E-state index in [4.69, 9.17) is 11.6 Å². The minimum Gasteiger partial charge on any atom is -0.384 e. The zero-order valence-corrected chi connectivity index (χ0v) is 13.1. The zero-order chi connectivity index (χ0) is 15.9. The first kappa shape index (κ1) is 15.3. The van der Waals surface area contributed by atoms with Gasteiger partial charge in [0.25, 0.3) is 11.8 Å². The molecular weight excluding hydrogens is 308 g/mol. The molecule has 2 fully saturated rings. The van der Waals surface area contributed by atoms with Crippen LogP contribution in [0.3, 0.4) is 0 Å². The fourth-order valence-electron chi connectivity index (χ4n) is 2.67. The van der Waals surface area contributed by atoms with E-state index in [0.29, 0.717) is 37.1 Å². The van der Waals surface area contributed by atoms with Gasteiger partial charge in [0.2, 0.25) is 0 Å². The number of aromatic nitrogens is 2. The van der Waals surface area contributed by atoms with Crippen molar-refractivity contribution in [1.29, 1.82) is 0 Å². The molecule has 1 aromatic heterocycles. The van der Waals surface area contributed by atoms with Gasteiger partial charge >= 0.3 is 0 Å². The number of halogens is 1. The second-order valence-corrected chi connectivity index (χ2v) is 6.25. The van der Waals surface area contributed by atoms with E-state index in [9.17, 15) is 14.7 Å². The minimum absolute atomic E-state index is 0.211. The fourth-order valence-corrected chi connectivity index (χ4v) is 2.99. The second kappa shape index (κ2) is 5.89. The number of hydrogen-bond donors (Lipinski definition) is 2. The van der Waals surface area contributed by atoms with E-state index in [2.05, 4.69) is 10.2 Å². The number of aliphatic hydroxyl groups excluding tert-OH is 1. The van der Waals surface area contributed by atoms with Crippen molar-refractivity contribution in [2.75, 3.05) is 26.2 Å². The van der Waals surface area contributed by atoms with Crippen molar-refractivity contribution < 1.29 is 14.7 Å². The molecule has 1 saturated carbocycles. The van der Waals surface area contributed by atoms with Crippen molar-refractivity contribution in [2.45, 2.75) is 31.8 Å². The summed E-state index contributed by atoms with van der Waals surface area (Å²) in [6, 6.07) is 0. The lowest BCUT2D eigenvalue weighted by atomic mass is 10.2. The molecule has 120 valence electrons. The van der Waals surface area contributed by atoms with Gasteiger partial charge < -0.3 is 14.9 Å². The number of H-pyrrole nitrogens is 1. The van der Waals surface area contributed by atoms with Crippen LogP contribution in [0.15, 0.2) is 0 Å². The van der Waals surface area contributed by atoms with Gasteiger partial charge in [-0.15, -0.1) is 0 Å². The number of carbonyl (C=O) groups is 2. The van der Waals surface area contributed by atoms with Crippen LogP contribution in [0.1, 0.15) is 41.9 Å². The van der Waals surface area contributed by atoms with E-state index in [1.807, 2.05) is 0 Å². The van der Waals surface area contributed by atoms with Crippen LogP contribution in [0, 0.1) is 0 Å². The monoisotopic (exact) mass is 326 g/mol. The van der Waals surface area contributed by atoms with Crippen LogP contribution in [-0.4, -0.2) is 69.2 Å². The molecule has 2 N–H and O–H groups in total. The van der Waals surface area contributed by atoms with E-state index < -0.39 is 6.10 Å². The summed E-state index contributed by atoms with van der Waals surface area (Å²) in [5, 5.41) is 16.7. The Bertz CT molecular complexity index is 589. The van der Waals surface area contributed by atoms with E-state index >= 15 is 0 Å². The molecule has 2 aliphatic rings. The lowest BCUT2D eigenvalue weighted by molar-refractivity contribution is -0.140. The van der Waals surface area contributed by atoms with Crippen LogP contribution >= 0.6 is 11.6 Å². The minimum atomic E-state index is -1.01. The number of carbonyl (C=O) groups excluding carboxylic acids is 2. The summed E-state index contributed by atoms with van der Waals surface area (Å²) < 4.78 is 0. The van der Waals surface area contributed by atoms with Gasteiger partial charge in [0, 0.05) is 32.1 Å². The third-order valence-corrected chi connectivity index (χ3v) is 4.54. The Morgan fingerprint density at radius 3 is 2.41 bits per heavy atom. The van der Waals surface area contributed by atoms with E-state index in [1.165, 1.54) is 6.92 Å². The Balaban J connectivity index is 1.63. The average Bonchev–Trinajstić information content (AvgIpc) is 3.29. The predicted molar refractivity (Wildman–Crippen MR) is 79.7 cm³/mol. The topological polar surface area (TPSA) is 89.5 Å². The van der Waals surface area contributed by atoms with E-state index in [1.54, 1.807) is 9.80 Å². The summed E-state index contributed by atoms with van der Waals surface area (Å²) >= 11 is 6.26. The summed E-state index contributed by atoms with van der Waals surface area (Å²) in [5.41, 5.74) is 1.12. The molecule has 2 amide bonds. The Kier molecular flexibility index (Phi) is 4.10. The summed E-state index contributed by atoms with van der Waals surface area (Å²) in [6.07, 6.45) is 1.15. The molecule has 1 aliphatic heterocycles. The Hall–Kier alpha value is -1.60. The highest BCUT2D eigenvalue weighted by molar-refractivity contribution is 6.34. The summed E-state index contributed by atoms with van der Waals surface area (Å²) in [4.78, 5) is 27.4. The van der Waals surface area contributed by atoms with Gasteiger partial charge in [0.1, 0.15) is 6.10 Å². The predicted octanol–water partition coefficient (Wildman–Crippen LogP) is 0.606. The highest BCUT2D eigenvalue weighted by atomic mass is 35.5. The third-order valence-electron chi connectivity index (χ3n) is 4.16. The maximum absolute atomic E-state index is 12.5. The lowest BCUT2D eigenvalue weighted by Gasteiger charge is -2.35. The number of nitrogens with zero attached hydrogens (tertiary/aromatic N) is 3. The fraction of sp³-hybridized carbons (Fsp3) is 0.643. The summed E-state index contributed by atoms with van der Waals surface area (Å²) in [5.74, 6) is -0.111. The molecule has 1 atom stereocenters. The van der Waals surface area contributed by atoms with Crippen LogP contribution < -0.4 is 0 Å². The van der Waals surface area contributed by atoms with Crippen molar-refractivity contribution in [3.05, 3.63) is 16.4 Å². The van der Waals surface area contributed by atoms with Crippen LogP contribution in [0.4, 0.5) is 0 Å². The number of hydrogen-bond acceptors (Lipinski definition) is 4. The molecule has 22 heavy (non-hydrogen) atoms. The Morgan fingerprint density at radius 1 is 1.27 bits per heavy atom. The average molecular weight is 327 g/mol. The highest BCUT2D eigenvalue weighted by Crippen LogP contribution is 2.42. The smallest absolute Gasteiger partial charge is 0.276 e. The van der Waals surface area contributed by atoms with Crippen LogP contribution in [0.2, 0.25) is 5.02 Å². The number of nitrogens with one attached hydrogen (secondary N) is 1. The number of aliphatic hydroxyl groups is 1. The zero-order valence-electron chi connectivity index (χ0n) is 12.4. The normalized spacial score (nSPS) is 20.1. The third kappa shape index (κ3) is 2.83. The van der Waals surface area contributed by atoms with Gasteiger partial charge in [-0.3, -0.25) is 14.7 Å². The standard InChI is InChI=1S/C14H19ClN4O3/c1-8(20)13(21)18-4-6-19(7-5-18)14(22)12-10(15)11(16-17-12)9-2-3-9/h8-9,20H,2-7H2,1H3,(H,16,17)/t8-/m0/s1. The SMILES string of the molecule is C[C@H](O)C(=O)N1CCN(C(=O)c2n[nH]c(C3CC3)c2Cl)CC1. The molecular formula is C14H19ClN4O3. The first-order valence-corrected chi connectivity index (χ1v) is 7.86. The molecule has 7 nitrogen and oxygen atoms in total. The number of piperazine rings is 1. The molecule has 2 heterocycles. The highest BCUT2D eigenvalue weighted by Gasteiger charge is 2.33. The Morgan fingerprint density at radius 2 is 1.86 bits per heavy atom. The lowest BCUT2D eigenvalue weighted by Crippen LogP contribution is -2.52. The van der Waals surface area contributed by atoms with Crippen LogP contribution in [0.5, 0.6) is 0 Å². The number of amides is 2. The van der Waals surface area contributed by atoms with E-state index in [-0.39, 0.29) is 17.5 Å². The summed E-state index contributed by atoms with van der Waals surface area (Å²) in [7, 11) is 0. The molecule has 0 radical (unpaired) electrons. The molecule has 3 rings (SSSR count). The molecule has 0 spiro atoms. The second-order valence-electron chi connectivity index (χ2n) is 5.87. The van der Waals surface area contributed by atoms with Crippen molar-refractivity contribution in [3.8, 4) is 0 Å². The molecule has 8 heteroatoms. The van der Waals surface area contributed by atoms with Crippen LogP contribution in [-0.2, 0) is 4.79 Å². The molecule has 1 aromatic rings. The van der Waals surface area contributed by atoms with Crippen molar-refractivity contribution >= 4 is 23.4 Å². The Labute approximate surface area is 133 Å². The van der Waals surface area contributed by atoms with Gasteiger partial charge in [-0.25, -0.2) is 0 Å². The number of rotatable bonds is 3.